The molecule has 1 aromatic rings. The predicted octanol–water partition coefficient (Wildman–Crippen LogP) is 1.62. The van der Waals surface area contributed by atoms with Crippen LogP contribution in [0.1, 0.15) is 31.1 Å². The van der Waals surface area contributed by atoms with Gasteiger partial charge in [0.2, 0.25) is 0 Å². The average molecular weight is 253 g/mol. The van der Waals surface area contributed by atoms with Gasteiger partial charge in [-0.3, -0.25) is 0 Å². The summed E-state index contributed by atoms with van der Waals surface area (Å²) >= 11 is 0. The summed E-state index contributed by atoms with van der Waals surface area (Å²) < 4.78 is 10.8. The van der Waals surface area contributed by atoms with Crippen molar-refractivity contribution in [1.29, 1.82) is 0 Å². The van der Waals surface area contributed by atoms with E-state index in [1.54, 1.807) is 14.0 Å². The molecule has 0 fully saturated rings. The van der Waals surface area contributed by atoms with Gasteiger partial charge in [-0.15, -0.1) is 0 Å². The molecular weight excluding hydrogens is 230 g/mol. The Hall–Kier alpha value is -0.940. The molecule has 0 spiro atoms. The highest BCUT2D eigenvalue weighted by Gasteiger charge is 2.17. The van der Waals surface area contributed by atoms with Crippen LogP contribution in [0.25, 0.3) is 0 Å². The Morgan fingerprint density at radius 1 is 1.22 bits per heavy atom. The van der Waals surface area contributed by atoms with Crippen LogP contribution < -0.4 is 5.73 Å². The number of rotatable bonds is 7. The fourth-order valence-electron chi connectivity index (χ4n) is 1.64. The van der Waals surface area contributed by atoms with Crippen molar-refractivity contribution in [1.82, 2.24) is 0 Å². The minimum Gasteiger partial charge on any atom is -0.391 e. The molecule has 1 aromatic carbocycles. The Kier molecular flexibility index (Phi) is 6.29. The Labute approximate surface area is 109 Å². The third-order valence-corrected chi connectivity index (χ3v) is 2.93. The first-order valence-electron chi connectivity index (χ1n) is 6.19. The zero-order valence-electron chi connectivity index (χ0n) is 11.3. The molecule has 3 unspecified atom stereocenters. The van der Waals surface area contributed by atoms with Crippen molar-refractivity contribution in [3.63, 3.8) is 0 Å². The molecule has 0 saturated heterocycles. The van der Waals surface area contributed by atoms with Gasteiger partial charge in [0, 0.05) is 13.7 Å². The fraction of sp³-hybridized carbons (Fsp3) is 0.571. The number of ether oxygens (including phenoxy) is 2. The van der Waals surface area contributed by atoms with E-state index in [-0.39, 0.29) is 12.2 Å². The molecule has 0 amide bonds. The van der Waals surface area contributed by atoms with Crippen LogP contribution in [0.2, 0.25) is 0 Å². The van der Waals surface area contributed by atoms with Crippen molar-refractivity contribution in [3.05, 3.63) is 35.4 Å². The molecule has 0 bridgehead atoms. The summed E-state index contributed by atoms with van der Waals surface area (Å²) in [6.07, 6.45) is -0.935. The summed E-state index contributed by atoms with van der Waals surface area (Å²) in [6, 6.07) is 7.97. The van der Waals surface area contributed by atoms with Crippen molar-refractivity contribution in [2.75, 3.05) is 13.7 Å². The van der Waals surface area contributed by atoms with Crippen molar-refractivity contribution in [3.8, 4) is 0 Å². The Morgan fingerprint density at radius 2 is 1.83 bits per heavy atom. The molecule has 4 heteroatoms. The van der Waals surface area contributed by atoms with Gasteiger partial charge in [-0.2, -0.15) is 0 Å². The highest BCUT2D eigenvalue weighted by molar-refractivity contribution is 5.24. The van der Waals surface area contributed by atoms with Crippen LogP contribution in [0.5, 0.6) is 0 Å². The number of nitrogens with two attached hydrogens (primary N) is 1. The van der Waals surface area contributed by atoms with Gasteiger partial charge in [0.05, 0.1) is 24.9 Å². The molecule has 0 aromatic heterocycles. The van der Waals surface area contributed by atoms with Gasteiger partial charge in [0.25, 0.3) is 0 Å². The molecule has 0 radical (unpaired) electrons. The van der Waals surface area contributed by atoms with Crippen LogP contribution in [0.3, 0.4) is 0 Å². The first kappa shape index (κ1) is 15.1. The van der Waals surface area contributed by atoms with E-state index in [0.717, 1.165) is 11.1 Å². The molecule has 102 valence electrons. The molecule has 18 heavy (non-hydrogen) atoms. The van der Waals surface area contributed by atoms with E-state index in [1.807, 2.05) is 31.2 Å². The van der Waals surface area contributed by atoms with Crippen molar-refractivity contribution < 1.29 is 14.6 Å². The molecule has 3 N–H and O–H groups in total. The van der Waals surface area contributed by atoms with Crippen LogP contribution in [0, 0.1) is 0 Å². The van der Waals surface area contributed by atoms with Crippen molar-refractivity contribution in [2.24, 2.45) is 5.73 Å². The predicted molar refractivity (Wildman–Crippen MR) is 71.2 cm³/mol. The van der Waals surface area contributed by atoms with E-state index in [0.29, 0.717) is 13.2 Å². The van der Waals surface area contributed by atoms with E-state index in [9.17, 15) is 5.11 Å². The number of hydrogen-bond donors (Lipinski definition) is 2. The second-order valence-corrected chi connectivity index (χ2v) is 4.48. The van der Waals surface area contributed by atoms with E-state index in [4.69, 9.17) is 15.2 Å². The molecular formula is C14H23NO3. The van der Waals surface area contributed by atoms with Crippen LogP contribution >= 0.6 is 0 Å². The van der Waals surface area contributed by atoms with Gasteiger partial charge < -0.3 is 20.3 Å². The zero-order chi connectivity index (χ0) is 13.5. The van der Waals surface area contributed by atoms with Crippen LogP contribution in [-0.2, 0) is 16.1 Å². The lowest BCUT2D eigenvalue weighted by molar-refractivity contribution is -0.0591. The Balaban J connectivity index is 2.69. The smallest absolute Gasteiger partial charge is 0.0952 e. The monoisotopic (exact) mass is 253 g/mol. The molecule has 3 atom stereocenters. The summed E-state index contributed by atoms with van der Waals surface area (Å²) in [5.41, 5.74) is 7.85. The summed E-state index contributed by atoms with van der Waals surface area (Å²) in [5.74, 6) is 0. The Morgan fingerprint density at radius 3 is 2.28 bits per heavy atom. The third kappa shape index (κ3) is 4.38. The lowest BCUT2D eigenvalue weighted by Gasteiger charge is -2.23. The molecule has 0 aliphatic carbocycles. The minimum atomic E-state index is -0.508. The SMILES string of the molecule is COCc1ccc(C(CN)OC(C)C(C)O)cc1. The second kappa shape index (κ2) is 7.48. The first-order valence-corrected chi connectivity index (χ1v) is 6.19. The molecule has 1 rings (SSSR count). The second-order valence-electron chi connectivity index (χ2n) is 4.48. The summed E-state index contributed by atoms with van der Waals surface area (Å²) in [5, 5.41) is 9.44. The number of hydrogen-bond acceptors (Lipinski definition) is 4. The highest BCUT2D eigenvalue weighted by atomic mass is 16.5. The number of aliphatic hydroxyl groups excluding tert-OH is 1. The summed E-state index contributed by atoms with van der Waals surface area (Å²) in [6.45, 7) is 4.53. The van der Waals surface area contributed by atoms with Gasteiger partial charge in [-0.05, 0) is 25.0 Å². The topological polar surface area (TPSA) is 64.7 Å². The maximum atomic E-state index is 9.44. The van der Waals surface area contributed by atoms with Gasteiger partial charge in [0.15, 0.2) is 0 Å². The molecule has 4 nitrogen and oxygen atoms in total. The van der Waals surface area contributed by atoms with E-state index in [1.165, 1.54) is 0 Å². The fourth-order valence-corrected chi connectivity index (χ4v) is 1.64. The van der Waals surface area contributed by atoms with Crippen LogP contribution in [-0.4, -0.2) is 31.0 Å². The lowest BCUT2D eigenvalue weighted by Crippen LogP contribution is -2.28. The normalized spacial score (nSPS) is 16.3. The third-order valence-electron chi connectivity index (χ3n) is 2.93. The zero-order valence-corrected chi connectivity index (χ0v) is 11.3. The number of benzene rings is 1. The van der Waals surface area contributed by atoms with Crippen molar-refractivity contribution >= 4 is 0 Å². The molecule has 0 saturated carbocycles. The van der Waals surface area contributed by atoms with Crippen LogP contribution in [0.15, 0.2) is 24.3 Å². The van der Waals surface area contributed by atoms with Gasteiger partial charge in [-0.1, -0.05) is 24.3 Å². The first-order chi connectivity index (χ1) is 8.58. The van der Waals surface area contributed by atoms with E-state index in [2.05, 4.69) is 0 Å². The standard InChI is InChI=1S/C14H23NO3/c1-10(16)11(2)18-14(8-15)13-6-4-12(5-7-13)9-17-3/h4-7,10-11,14,16H,8-9,15H2,1-3H3. The molecule has 0 heterocycles. The van der Waals surface area contributed by atoms with Gasteiger partial charge >= 0.3 is 0 Å². The lowest BCUT2D eigenvalue weighted by atomic mass is 10.1. The summed E-state index contributed by atoms with van der Waals surface area (Å²) in [7, 11) is 1.67. The number of methoxy groups -OCH3 is 1. The van der Waals surface area contributed by atoms with Crippen LogP contribution in [0.4, 0.5) is 0 Å². The average Bonchev–Trinajstić information content (AvgIpc) is 2.37. The molecule has 0 aliphatic heterocycles. The van der Waals surface area contributed by atoms with E-state index >= 15 is 0 Å². The molecule has 0 aliphatic rings. The summed E-state index contributed by atoms with van der Waals surface area (Å²) in [4.78, 5) is 0. The van der Waals surface area contributed by atoms with Gasteiger partial charge in [-0.25, -0.2) is 0 Å². The van der Waals surface area contributed by atoms with Gasteiger partial charge in [0.1, 0.15) is 0 Å². The maximum Gasteiger partial charge on any atom is 0.0952 e. The minimum absolute atomic E-state index is 0.189. The maximum absolute atomic E-state index is 9.44. The van der Waals surface area contributed by atoms with Crippen molar-refractivity contribution in [2.45, 2.75) is 38.8 Å². The quantitative estimate of drug-likeness (QED) is 0.775. The van der Waals surface area contributed by atoms with E-state index < -0.39 is 6.10 Å². The largest absolute Gasteiger partial charge is 0.391 e. The Bertz CT molecular complexity index is 337. The highest BCUT2D eigenvalue weighted by Crippen LogP contribution is 2.20. The number of aliphatic hydroxyl groups is 1.